The van der Waals surface area contributed by atoms with E-state index in [0.717, 1.165) is 5.75 Å². The third-order valence-corrected chi connectivity index (χ3v) is 3.39. The summed E-state index contributed by atoms with van der Waals surface area (Å²) in [7, 11) is 1.59. The van der Waals surface area contributed by atoms with Crippen molar-refractivity contribution in [1.29, 1.82) is 0 Å². The number of nitrogens with zero attached hydrogens (tertiary/aromatic N) is 1. The number of hydrogen-bond acceptors (Lipinski definition) is 4. The van der Waals surface area contributed by atoms with E-state index >= 15 is 0 Å². The highest BCUT2D eigenvalue weighted by atomic mass is 16.5. The molecule has 0 fully saturated rings. The molecule has 0 aliphatic rings. The van der Waals surface area contributed by atoms with Crippen LogP contribution in [0.2, 0.25) is 0 Å². The first-order valence-electron chi connectivity index (χ1n) is 7.32. The Bertz CT molecular complexity index is 654. The molecule has 1 heterocycles. The van der Waals surface area contributed by atoms with Crippen molar-refractivity contribution in [2.45, 2.75) is 19.1 Å². The van der Waals surface area contributed by atoms with Crippen molar-refractivity contribution in [1.82, 2.24) is 10.3 Å². The molecule has 0 aliphatic carbocycles. The normalized spacial score (nSPS) is 13.5. The summed E-state index contributed by atoms with van der Waals surface area (Å²) in [6.07, 6.45) is 3.89. The van der Waals surface area contributed by atoms with Gasteiger partial charge in [0.05, 0.1) is 24.9 Å². The number of aliphatic hydroxyl groups excluding tert-OH is 1. The number of pyridine rings is 1. The summed E-state index contributed by atoms with van der Waals surface area (Å²) in [5.41, 5.74) is 1.42. The van der Waals surface area contributed by atoms with Crippen LogP contribution in [0.25, 0.3) is 6.08 Å². The molecule has 2 N–H and O–H groups in total. The van der Waals surface area contributed by atoms with Crippen LogP contribution < -0.4 is 10.1 Å². The molecular formula is C18H20N2O3. The Morgan fingerprint density at radius 2 is 2.00 bits per heavy atom. The van der Waals surface area contributed by atoms with Crippen molar-refractivity contribution in [3.63, 3.8) is 0 Å². The van der Waals surface area contributed by atoms with Crippen LogP contribution in [0.4, 0.5) is 0 Å². The average Bonchev–Trinajstić information content (AvgIpc) is 2.60. The number of methoxy groups -OCH3 is 1. The molecule has 0 saturated carbocycles. The highest BCUT2D eigenvalue weighted by molar-refractivity contribution is 5.91. The van der Waals surface area contributed by atoms with Gasteiger partial charge in [-0.1, -0.05) is 18.2 Å². The Morgan fingerprint density at radius 1 is 1.26 bits per heavy atom. The quantitative estimate of drug-likeness (QED) is 0.803. The number of aromatic nitrogens is 1. The van der Waals surface area contributed by atoms with E-state index in [-0.39, 0.29) is 5.91 Å². The van der Waals surface area contributed by atoms with Gasteiger partial charge in [-0.15, -0.1) is 0 Å². The van der Waals surface area contributed by atoms with Crippen molar-refractivity contribution in [2.75, 3.05) is 7.11 Å². The number of aliphatic hydroxyl groups is 1. The number of nitrogens with one attached hydrogen (secondary N) is 1. The summed E-state index contributed by atoms with van der Waals surface area (Å²) in [5, 5.41) is 13.0. The average molecular weight is 312 g/mol. The molecule has 0 bridgehead atoms. The van der Waals surface area contributed by atoms with E-state index in [0.29, 0.717) is 11.3 Å². The maximum atomic E-state index is 11.9. The van der Waals surface area contributed by atoms with Crippen LogP contribution in [0.3, 0.4) is 0 Å². The van der Waals surface area contributed by atoms with E-state index < -0.39 is 12.1 Å². The number of hydrogen-bond donors (Lipinski definition) is 2. The smallest absolute Gasteiger partial charge is 0.244 e. The lowest BCUT2D eigenvalue weighted by Gasteiger charge is -2.20. The van der Waals surface area contributed by atoms with Gasteiger partial charge < -0.3 is 15.2 Å². The number of carbonyl (C=O) groups excluding carboxylic acids is 1. The van der Waals surface area contributed by atoms with Gasteiger partial charge in [-0.25, -0.2) is 0 Å². The van der Waals surface area contributed by atoms with Crippen LogP contribution in [0.1, 0.15) is 24.3 Å². The zero-order valence-electron chi connectivity index (χ0n) is 13.1. The van der Waals surface area contributed by atoms with Crippen molar-refractivity contribution < 1.29 is 14.6 Å². The third-order valence-electron chi connectivity index (χ3n) is 3.39. The lowest BCUT2D eigenvalue weighted by Crippen LogP contribution is -2.36. The molecule has 0 aliphatic heterocycles. The van der Waals surface area contributed by atoms with E-state index in [9.17, 15) is 9.90 Å². The summed E-state index contributed by atoms with van der Waals surface area (Å²) in [4.78, 5) is 16.0. The van der Waals surface area contributed by atoms with Gasteiger partial charge in [-0.05, 0) is 42.8 Å². The highest BCUT2D eigenvalue weighted by Gasteiger charge is 2.17. The fourth-order valence-electron chi connectivity index (χ4n) is 2.08. The molecule has 2 atom stereocenters. The van der Waals surface area contributed by atoms with Crippen LogP contribution in [-0.4, -0.2) is 29.1 Å². The molecule has 2 rings (SSSR count). The third kappa shape index (κ3) is 4.93. The maximum absolute atomic E-state index is 11.9. The fraction of sp³-hybridized carbons (Fsp3) is 0.222. The van der Waals surface area contributed by atoms with E-state index in [1.165, 1.54) is 6.08 Å². The van der Waals surface area contributed by atoms with Crippen molar-refractivity contribution in [2.24, 2.45) is 0 Å². The van der Waals surface area contributed by atoms with Crippen LogP contribution in [0, 0.1) is 0 Å². The van der Waals surface area contributed by atoms with Crippen LogP contribution in [0.5, 0.6) is 5.75 Å². The highest BCUT2D eigenvalue weighted by Crippen LogP contribution is 2.20. The second-order valence-electron chi connectivity index (χ2n) is 5.10. The largest absolute Gasteiger partial charge is 0.497 e. The maximum Gasteiger partial charge on any atom is 0.244 e. The molecule has 1 amide bonds. The summed E-state index contributed by atoms with van der Waals surface area (Å²) in [6.45, 7) is 1.75. The number of ether oxygens (including phenoxy) is 1. The first-order chi connectivity index (χ1) is 11.1. The van der Waals surface area contributed by atoms with E-state index in [1.807, 2.05) is 12.1 Å². The second-order valence-corrected chi connectivity index (χ2v) is 5.10. The monoisotopic (exact) mass is 312 g/mol. The zero-order valence-corrected chi connectivity index (χ0v) is 13.1. The van der Waals surface area contributed by atoms with E-state index in [1.54, 1.807) is 56.6 Å². The van der Waals surface area contributed by atoms with Gasteiger partial charge in [0.15, 0.2) is 0 Å². The van der Waals surface area contributed by atoms with Crippen molar-refractivity contribution >= 4 is 12.0 Å². The Balaban J connectivity index is 1.93. The summed E-state index contributed by atoms with van der Waals surface area (Å²) >= 11 is 0. The van der Waals surface area contributed by atoms with Crippen molar-refractivity contribution in [3.05, 3.63) is 66.0 Å². The van der Waals surface area contributed by atoms with Gasteiger partial charge in [0, 0.05) is 12.3 Å². The van der Waals surface area contributed by atoms with Gasteiger partial charge in [-0.3, -0.25) is 9.78 Å². The van der Waals surface area contributed by atoms with Gasteiger partial charge in [0.1, 0.15) is 5.75 Å². The van der Waals surface area contributed by atoms with E-state index in [2.05, 4.69) is 10.3 Å². The van der Waals surface area contributed by atoms with Crippen molar-refractivity contribution in [3.8, 4) is 5.75 Å². The predicted molar refractivity (Wildman–Crippen MR) is 88.8 cm³/mol. The summed E-state index contributed by atoms with van der Waals surface area (Å²) in [5.74, 6) is 0.437. The lowest BCUT2D eigenvalue weighted by molar-refractivity contribution is -0.117. The topological polar surface area (TPSA) is 71.5 Å². The SMILES string of the molecule is COc1ccc(C(O)C(C)NC(=O)/C=C/c2ccccn2)cc1. The Labute approximate surface area is 135 Å². The minimum atomic E-state index is -0.798. The molecule has 5 nitrogen and oxygen atoms in total. The number of benzene rings is 1. The second kappa shape index (κ2) is 8.10. The fourth-order valence-corrected chi connectivity index (χ4v) is 2.08. The Hall–Kier alpha value is -2.66. The first-order valence-corrected chi connectivity index (χ1v) is 7.32. The van der Waals surface area contributed by atoms with Crippen LogP contribution in [-0.2, 0) is 4.79 Å². The Morgan fingerprint density at radius 3 is 2.61 bits per heavy atom. The molecule has 0 radical (unpaired) electrons. The van der Waals surface area contributed by atoms with E-state index in [4.69, 9.17) is 4.74 Å². The number of carbonyl (C=O) groups is 1. The van der Waals surface area contributed by atoms with Gasteiger partial charge in [0.2, 0.25) is 5.91 Å². The molecule has 1 aromatic carbocycles. The molecule has 23 heavy (non-hydrogen) atoms. The van der Waals surface area contributed by atoms with Gasteiger partial charge >= 0.3 is 0 Å². The predicted octanol–water partition coefficient (Wildman–Crippen LogP) is 2.34. The molecule has 0 spiro atoms. The minimum Gasteiger partial charge on any atom is -0.497 e. The van der Waals surface area contributed by atoms with Crippen LogP contribution in [0.15, 0.2) is 54.7 Å². The molecule has 1 aromatic heterocycles. The number of amides is 1. The lowest BCUT2D eigenvalue weighted by atomic mass is 10.0. The van der Waals surface area contributed by atoms with Crippen LogP contribution >= 0.6 is 0 Å². The van der Waals surface area contributed by atoms with Gasteiger partial charge in [0.25, 0.3) is 0 Å². The molecule has 0 saturated heterocycles. The molecule has 120 valence electrons. The molecule has 2 unspecified atom stereocenters. The zero-order chi connectivity index (χ0) is 16.7. The molecule has 5 heteroatoms. The summed E-state index contributed by atoms with van der Waals surface area (Å²) < 4.78 is 5.08. The minimum absolute atomic E-state index is 0.282. The molecular weight excluding hydrogens is 292 g/mol. The standard InChI is InChI=1S/C18H20N2O3/c1-13(18(22)14-6-9-16(23-2)10-7-14)20-17(21)11-8-15-5-3-4-12-19-15/h3-13,18,22H,1-2H3,(H,20,21)/b11-8+. The summed E-state index contributed by atoms with van der Waals surface area (Å²) in [6, 6.07) is 12.1. The first kappa shape index (κ1) is 16.7. The Kier molecular flexibility index (Phi) is 5.88. The van der Waals surface area contributed by atoms with Gasteiger partial charge in [-0.2, -0.15) is 0 Å². The number of rotatable bonds is 6. The molecule has 2 aromatic rings.